The quantitative estimate of drug-likeness (QED) is 0.847. The number of carbonyl (C=O) groups is 1. The zero-order valence-corrected chi connectivity index (χ0v) is 12.8. The fourth-order valence-corrected chi connectivity index (χ4v) is 2.63. The van der Waals surface area contributed by atoms with Gasteiger partial charge < -0.3 is 15.2 Å². The van der Waals surface area contributed by atoms with Crippen molar-refractivity contribution in [2.45, 2.75) is 19.5 Å². The van der Waals surface area contributed by atoms with Gasteiger partial charge in [-0.15, -0.1) is 11.3 Å². The molecule has 2 N–H and O–H groups in total. The second-order valence-corrected chi connectivity index (χ2v) is 5.54. The number of carbonyl (C=O) groups excluding carboxylic acids is 1. The number of hydrogen-bond donors (Lipinski definition) is 1. The summed E-state index contributed by atoms with van der Waals surface area (Å²) >= 11 is 1.58. The van der Waals surface area contributed by atoms with Crippen molar-refractivity contribution in [3.05, 3.63) is 40.6 Å². The lowest BCUT2D eigenvalue weighted by Gasteiger charge is -2.16. The van der Waals surface area contributed by atoms with Crippen LogP contribution in [-0.4, -0.2) is 34.0 Å². The van der Waals surface area contributed by atoms with Crippen molar-refractivity contribution in [3.8, 4) is 11.8 Å². The zero-order chi connectivity index (χ0) is 15.1. The molecule has 0 aliphatic carbocycles. The van der Waals surface area contributed by atoms with E-state index in [0.29, 0.717) is 26.1 Å². The Morgan fingerprint density at radius 2 is 2.43 bits per heavy atom. The monoisotopic (exact) mass is 302 g/mol. The van der Waals surface area contributed by atoms with Crippen LogP contribution in [0.25, 0.3) is 0 Å². The first-order valence-corrected chi connectivity index (χ1v) is 7.53. The van der Waals surface area contributed by atoms with Crippen LogP contribution in [0.5, 0.6) is 0 Å². The Bertz CT molecular complexity index is 636. The summed E-state index contributed by atoms with van der Waals surface area (Å²) in [5, 5.41) is 2.03. The SMILES string of the molecule is CN(Cc1csc(C#CCN)c1)C(=O)CCn1ccnc1. The molecular weight excluding hydrogens is 284 g/mol. The van der Waals surface area contributed by atoms with Gasteiger partial charge in [-0.3, -0.25) is 4.79 Å². The predicted octanol–water partition coefficient (Wildman–Crippen LogP) is 1.30. The van der Waals surface area contributed by atoms with E-state index in [-0.39, 0.29) is 5.91 Å². The molecule has 2 aromatic heterocycles. The van der Waals surface area contributed by atoms with Crippen LogP contribution in [0, 0.1) is 11.8 Å². The van der Waals surface area contributed by atoms with Crippen molar-refractivity contribution in [1.29, 1.82) is 0 Å². The largest absolute Gasteiger partial charge is 0.341 e. The lowest BCUT2D eigenvalue weighted by atomic mass is 10.2. The van der Waals surface area contributed by atoms with E-state index in [1.807, 2.05) is 29.3 Å². The molecule has 2 aromatic rings. The highest BCUT2D eigenvalue weighted by atomic mass is 32.1. The Morgan fingerprint density at radius 1 is 1.57 bits per heavy atom. The summed E-state index contributed by atoms with van der Waals surface area (Å²) in [6.45, 7) is 1.61. The molecule has 6 heteroatoms. The lowest BCUT2D eigenvalue weighted by Crippen LogP contribution is -2.26. The Balaban J connectivity index is 1.84. The van der Waals surface area contributed by atoms with Gasteiger partial charge in [0.05, 0.1) is 17.7 Å². The standard InChI is InChI=1S/C15H18N4OS/c1-18(15(20)4-7-19-8-6-17-12-19)10-13-9-14(21-11-13)3-2-5-16/h6,8-9,11-12H,4-5,7,10,16H2,1H3. The molecule has 0 spiro atoms. The van der Waals surface area contributed by atoms with E-state index < -0.39 is 0 Å². The minimum absolute atomic E-state index is 0.115. The van der Waals surface area contributed by atoms with Crippen LogP contribution in [-0.2, 0) is 17.9 Å². The molecule has 0 atom stereocenters. The van der Waals surface area contributed by atoms with Crippen LogP contribution in [0.4, 0.5) is 0 Å². The summed E-state index contributed by atoms with van der Waals surface area (Å²) in [6.07, 6.45) is 5.75. The molecule has 0 aliphatic rings. The molecule has 0 aliphatic heterocycles. The summed E-state index contributed by atoms with van der Waals surface area (Å²) in [4.78, 5) is 18.7. The first-order chi connectivity index (χ1) is 10.2. The summed E-state index contributed by atoms with van der Waals surface area (Å²) in [6, 6.07) is 2.01. The van der Waals surface area contributed by atoms with Crippen molar-refractivity contribution < 1.29 is 4.79 Å². The van der Waals surface area contributed by atoms with E-state index in [9.17, 15) is 4.79 Å². The second-order valence-electron chi connectivity index (χ2n) is 4.63. The van der Waals surface area contributed by atoms with E-state index in [2.05, 4.69) is 16.8 Å². The van der Waals surface area contributed by atoms with Gasteiger partial charge in [0.25, 0.3) is 0 Å². The molecule has 0 bridgehead atoms. The van der Waals surface area contributed by atoms with Gasteiger partial charge in [0.1, 0.15) is 0 Å². The molecule has 0 aromatic carbocycles. The minimum Gasteiger partial charge on any atom is -0.341 e. The van der Waals surface area contributed by atoms with Crippen molar-refractivity contribution in [2.24, 2.45) is 5.73 Å². The third-order valence-corrected chi connectivity index (χ3v) is 3.85. The summed E-state index contributed by atoms with van der Waals surface area (Å²) < 4.78 is 1.90. The highest BCUT2D eigenvalue weighted by Crippen LogP contribution is 2.15. The van der Waals surface area contributed by atoms with E-state index in [1.54, 1.807) is 28.8 Å². The van der Waals surface area contributed by atoms with Gasteiger partial charge in [-0.1, -0.05) is 11.8 Å². The number of nitrogens with two attached hydrogens (primary N) is 1. The Hall–Kier alpha value is -2.10. The van der Waals surface area contributed by atoms with E-state index >= 15 is 0 Å². The number of nitrogens with zero attached hydrogens (tertiary/aromatic N) is 3. The van der Waals surface area contributed by atoms with Crippen molar-refractivity contribution in [1.82, 2.24) is 14.5 Å². The number of aryl methyl sites for hydroxylation is 1. The number of hydrogen-bond acceptors (Lipinski definition) is 4. The normalized spacial score (nSPS) is 10.0. The molecular formula is C15H18N4OS. The number of rotatable bonds is 5. The van der Waals surface area contributed by atoms with Crippen molar-refractivity contribution >= 4 is 17.2 Å². The predicted molar refractivity (Wildman–Crippen MR) is 83.6 cm³/mol. The van der Waals surface area contributed by atoms with Gasteiger partial charge in [0.15, 0.2) is 0 Å². The lowest BCUT2D eigenvalue weighted by molar-refractivity contribution is -0.130. The maximum absolute atomic E-state index is 12.1. The van der Waals surface area contributed by atoms with Crippen LogP contribution in [0.1, 0.15) is 16.9 Å². The Morgan fingerprint density at radius 3 is 3.14 bits per heavy atom. The molecule has 0 radical (unpaired) electrons. The van der Waals surface area contributed by atoms with Crippen molar-refractivity contribution in [3.63, 3.8) is 0 Å². The molecule has 0 unspecified atom stereocenters. The zero-order valence-electron chi connectivity index (χ0n) is 12.0. The number of thiophene rings is 1. The van der Waals surface area contributed by atoms with Crippen molar-refractivity contribution in [2.75, 3.05) is 13.6 Å². The Kier molecular flexibility index (Phi) is 5.55. The van der Waals surface area contributed by atoms with Crippen LogP contribution in [0.3, 0.4) is 0 Å². The fraction of sp³-hybridized carbons (Fsp3) is 0.333. The van der Waals surface area contributed by atoms with Gasteiger partial charge in [0, 0.05) is 39.0 Å². The third-order valence-electron chi connectivity index (χ3n) is 2.96. The molecule has 21 heavy (non-hydrogen) atoms. The summed E-state index contributed by atoms with van der Waals surface area (Å²) in [5.41, 5.74) is 6.45. The maximum atomic E-state index is 12.1. The first kappa shape index (κ1) is 15.3. The van der Waals surface area contributed by atoms with Gasteiger partial charge in [-0.25, -0.2) is 4.98 Å². The molecule has 0 fully saturated rings. The highest BCUT2D eigenvalue weighted by molar-refractivity contribution is 7.10. The second kappa shape index (κ2) is 7.62. The van der Waals surface area contributed by atoms with Crippen LogP contribution < -0.4 is 5.73 Å². The molecule has 0 saturated carbocycles. The van der Waals surface area contributed by atoms with Gasteiger partial charge in [-0.05, 0) is 17.0 Å². The van der Waals surface area contributed by atoms with Gasteiger partial charge in [-0.2, -0.15) is 0 Å². The van der Waals surface area contributed by atoms with Crippen LogP contribution >= 0.6 is 11.3 Å². The number of aromatic nitrogens is 2. The van der Waals surface area contributed by atoms with Crippen LogP contribution in [0.2, 0.25) is 0 Å². The fourth-order valence-electron chi connectivity index (χ4n) is 1.86. The smallest absolute Gasteiger partial charge is 0.224 e. The first-order valence-electron chi connectivity index (χ1n) is 6.65. The minimum atomic E-state index is 0.115. The van der Waals surface area contributed by atoms with E-state index in [4.69, 9.17) is 5.73 Å². The molecule has 0 saturated heterocycles. The molecule has 1 amide bonds. The van der Waals surface area contributed by atoms with Gasteiger partial charge >= 0.3 is 0 Å². The summed E-state index contributed by atoms with van der Waals surface area (Å²) in [7, 11) is 1.82. The van der Waals surface area contributed by atoms with Gasteiger partial charge in [0.2, 0.25) is 5.91 Å². The molecule has 2 heterocycles. The number of imidazole rings is 1. The Labute approximate surface area is 128 Å². The average Bonchev–Trinajstić information content (AvgIpc) is 3.14. The van der Waals surface area contributed by atoms with Crippen LogP contribution in [0.15, 0.2) is 30.2 Å². The summed E-state index contributed by atoms with van der Waals surface area (Å²) in [5.74, 6) is 5.94. The molecule has 5 nitrogen and oxygen atoms in total. The number of amides is 1. The van der Waals surface area contributed by atoms with E-state index in [1.165, 1.54) is 0 Å². The average molecular weight is 302 g/mol. The maximum Gasteiger partial charge on any atom is 0.224 e. The molecule has 2 rings (SSSR count). The molecule has 110 valence electrons. The highest BCUT2D eigenvalue weighted by Gasteiger charge is 2.10. The third kappa shape index (κ3) is 4.74. The van der Waals surface area contributed by atoms with E-state index in [0.717, 1.165) is 10.4 Å². The topological polar surface area (TPSA) is 64.2 Å².